The zero-order valence-electron chi connectivity index (χ0n) is 11.3. The summed E-state index contributed by atoms with van der Waals surface area (Å²) < 4.78 is 1.58. The van der Waals surface area contributed by atoms with Crippen molar-refractivity contribution < 1.29 is 0 Å². The Balaban J connectivity index is 1.63. The predicted molar refractivity (Wildman–Crippen MR) is 78.1 cm³/mol. The minimum Gasteiger partial charge on any atom is -0.288 e. The number of aromatic amines is 1. The minimum absolute atomic E-state index is 0.0216. The molecule has 0 aromatic carbocycles. The van der Waals surface area contributed by atoms with Gasteiger partial charge in [0.1, 0.15) is 12.2 Å². The zero-order chi connectivity index (χ0) is 14.2. The summed E-state index contributed by atoms with van der Waals surface area (Å²) in [6, 6.07) is 1.85. The topological polar surface area (TPSA) is 79.2 Å². The number of nitrogens with zero attached hydrogens (tertiary/aromatic N) is 5. The Kier molecular flexibility index (Phi) is 3.04. The highest BCUT2D eigenvalue weighted by Gasteiger charge is 2.28. The molecular formula is C13H14N6OS. The maximum atomic E-state index is 12.0. The molecule has 4 rings (SSSR count). The molecule has 1 aliphatic rings. The summed E-state index contributed by atoms with van der Waals surface area (Å²) in [6.45, 7) is 1.64. The second-order valence-corrected chi connectivity index (χ2v) is 6.01. The Labute approximate surface area is 124 Å². The fourth-order valence-corrected chi connectivity index (χ4v) is 3.62. The molecule has 3 aromatic rings. The maximum absolute atomic E-state index is 12.0. The third kappa shape index (κ3) is 2.26. The summed E-state index contributed by atoms with van der Waals surface area (Å²) in [5.41, 5.74) is 0.792. The van der Waals surface area contributed by atoms with Crippen LogP contribution in [0.3, 0.4) is 0 Å². The van der Waals surface area contributed by atoms with Gasteiger partial charge in [-0.15, -0.1) is 11.3 Å². The van der Waals surface area contributed by atoms with Gasteiger partial charge < -0.3 is 0 Å². The third-order valence-electron chi connectivity index (χ3n) is 3.83. The Morgan fingerprint density at radius 2 is 2.43 bits per heavy atom. The molecule has 0 saturated carbocycles. The Morgan fingerprint density at radius 3 is 3.29 bits per heavy atom. The summed E-state index contributed by atoms with van der Waals surface area (Å²) in [6.07, 6.45) is 5.46. The van der Waals surface area contributed by atoms with Gasteiger partial charge in [-0.3, -0.25) is 19.2 Å². The van der Waals surface area contributed by atoms with Crippen LogP contribution in [0.1, 0.15) is 30.4 Å². The highest BCUT2D eigenvalue weighted by Crippen LogP contribution is 2.30. The molecule has 0 bridgehead atoms. The Bertz CT molecular complexity index is 808. The summed E-state index contributed by atoms with van der Waals surface area (Å²) in [5, 5.41) is 8.75. The first-order chi connectivity index (χ1) is 10.3. The van der Waals surface area contributed by atoms with Crippen LogP contribution in [0.15, 0.2) is 28.8 Å². The van der Waals surface area contributed by atoms with Crippen LogP contribution in [-0.2, 0) is 6.54 Å². The van der Waals surface area contributed by atoms with Crippen molar-refractivity contribution in [3.8, 4) is 0 Å². The number of nitrogens with one attached hydrogen (secondary N) is 1. The number of rotatable bonds is 3. The van der Waals surface area contributed by atoms with Gasteiger partial charge in [0.2, 0.25) is 0 Å². The van der Waals surface area contributed by atoms with Crippen molar-refractivity contribution in [1.29, 1.82) is 0 Å². The number of fused-ring (bicyclic) bond motifs is 1. The summed E-state index contributed by atoms with van der Waals surface area (Å²) in [5.74, 6) is 0.890. The molecule has 0 amide bonds. The highest BCUT2D eigenvalue weighted by atomic mass is 32.1. The summed E-state index contributed by atoms with van der Waals surface area (Å²) >= 11 is 1.48. The van der Waals surface area contributed by atoms with Gasteiger partial charge in [0.05, 0.1) is 11.7 Å². The number of likely N-dealkylation sites (tertiary alicyclic amines) is 1. The van der Waals surface area contributed by atoms with Crippen molar-refractivity contribution in [2.75, 3.05) is 6.54 Å². The minimum atomic E-state index is -0.0216. The number of thiazole rings is 1. The molecule has 4 heterocycles. The SMILES string of the molecule is O=c1cc(CN2CCC[C@H]2c2ncn[nH]2)nc2sccn12. The van der Waals surface area contributed by atoms with Crippen molar-refractivity contribution in [2.45, 2.75) is 25.4 Å². The number of aromatic nitrogens is 5. The van der Waals surface area contributed by atoms with Crippen molar-refractivity contribution >= 4 is 16.3 Å². The largest absolute Gasteiger partial charge is 0.288 e. The molecule has 1 N–H and O–H groups in total. The molecule has 0 radical (unpaired) electrons. The fourth-order valence-electron chi connectivity index (χ4n) is 2.88. The molecule has 21 heavy (non-hydrogen) atoms. The third-order valence-corrected chi connectivity index (χ3v) is 4.59. The van der Waals surface area contributed by atoms with E-state index in [0.717, 1.165) is 35.9 Å². The molecule has 3 aromatic heterocycles. The summed E-state index contributed by atoms with van der Waals surface area (Å²) in [7, 11) is 0. The second-order valence-electron chi connectivity index (χ2n) is 5.14. The molecule has 1 atom stereocenters. The normalized spacial score (nSPS) is 19.5. The van der Waals surface area contributed by atoms with Crippen molar-refractivity contribution in [3.63, 3.8) is 0 Å². The lowest BCUT2D eigenvalue weighted by atomic mass is 10.2. The quantitative estimate of drug-likeness (QED) is 0.786. The highest BCUT2D eigenvalue weighted by molar-refractivity contribution is 7.15. The van der Waals surface area contributed by atoms with Gasteiger partial charge in [-0.1, -0.05) is 0 Å². The molecule has 1 aliphatic heterocycles. The van der Waals surface area contributed by atoms with E-state index in [0.29, 0.717) is 6.54 Å². The van der Waals surface area contributed by atoms with Crippen LogP contribution < -0.4 is 5.56 Å². The van der Waals surface area contributed by atoms with Crippen LogP contribution in [0.25, 0.3) is 4.96 Å². The van der Waals surface area contributed by atoms with E-state index in [-0.39, 0.29) is 11.6 Å². The second kappa shape index (κ2) is 5.05. The van der Waals surface area contributed by atoms with Crippen LogP contribution in [0.5, 0.6) is 0 Å². The predicted octanol–water partition coefficient (Wildman–Crippen LogP) is 1.21. The van der Waals surface area contributed by atoms with Crippen LogP contribution in [0.4, 0.5) is 0 Å². The Hall–Kier alpha value is -2.06. The van der Waals surface area contributed by atoms with Gasteiger partial charge in [0, 0.05) is 24.2 Å². The first-order valence-electron chi connectivity index (χ1n) is 6.86. The molecule has 108 valence electrons. The molecule has 0 unspecified atom stereocenters. The molecular weight excluding hydrogens is 288 g/mol. The fraction of sp³-hybridized carbons (Fsp3) is 0.385. The van der Waals surface area contributed by atoms with E-state index in [1.807, 2.05) is 5.38 Å². The van der Waals surface area contributed by atoms with Crippen molar-refractivity contribution in [2.24, 2.45) is 0 Å². The average Bonchev–Trinajstić information content (AvgIpc) is 3.19. The molecule has 1 saturated heterocycles. The van der Waals surface area contributed by atoms with Gasteiger partial charge in [0.15, 0.2) is 4.96 Å². The molecule has 7 nitrogen and oxygen atoms in total. The maximum Gasteiger partial charge on any atom is 0.258 e. The van der Waals surface area contributed by atoms with Crippen molar-refractivity contribution in [3.05, 3.63) is 45.8 Å². The molecule has 0 spiro atoms. The van der Waals surface area contributed by atoms with Crippen LogP contribution in [0, 0.1) is 0 Å². The van der Waals surface area contributed by atoms with E-state index < -0.39 is 0 Å². The lowest BCUT2D eigenvalue weighted by Gasteiger charge is -2.21. The van der Waals surface area contributed by atoms with Gasteiger partial charge in [0.25, 0.3) is 5.56 Å². The van der Waals surface area contributed by atoms with Gasteiger partial charge in [-0.05, 0) is 19.4 Å². The summed E-state index contributed by atoms with van der Waals surface area (Å²) in [4.78, 5) is 23.9. The number of hydrogen-bond acceptors (Lipinski definition) is 6. The van der Waals surface area contributed by atoms with Gasteiger partial charge in [-0.2, -0.15) is 5.10 Å². The van der Waals surface area contributed by atoms with Crippen LogP contribution >= 0.6 is 11.3 Å². The standard InChI is InChI=1S/C13H14N6OS/c20-11-6-9(16-13-19(11)4-5-21-13)7-18-3-1-2-10(18)12-14-8-15-17-12/h4-6,8,10H,1-3,7H2,(H,14,15,17)/t10-/m0/s1. The van der Waals surface area contributed by atoms with Crippen LogP contribution in [-0.4, -0.2) is 36.0 Å². The first kappa shape index (κ1) is 12.7. The van der Waals surface area contributed by atoms with E-state index >= 15 is 0 Å². The lowest BCUT2D eigenvalue weighted by Crippen LogP contribution is -2.25. The van der Waals surface area contributed by atoms with E-state index in [2.05, 4.69) is 25.1 Å². The molecule has 1 fully saturated rings. The zero-order valence-corrected chi connectivity index (χ0v) is 12.1. The van der Waals surface area contributed by atoms with E-state index in [1.165, 1.54) is 17.7 Å². The average molecular weight is 302 g/mol. The van der Waals surface area contributed by atoms with Gasteiger partial charge >= 0.3 is 0 Å². The monoisotopic (exact) mass is 302 g/mol. The van der Waals surface area contributed by atoms with Crippen LogP contribution in [0.2, 0.25) is 0 Å². The lowest BCUT2D eigenvalue weighted by molar-refractivity contribution is 0.237. The van der Waals surface area contributed by atoms with Crippen molar-refractivity contribution in [1.82, 2.24) is 29.5 Å². The molecule has 8 heteroatoms. The van der Waals surface area contributed by atoms with E-state index in [9.17, 15) is 4.79 Å². The van der Waals surface area contributed by atoms with E-state index in [4.69, 9.17) is 0 Å². The number of H-pyrrole nitrogens is 1. The molecule has 0 aliphatic carbocycles. The van der Waals surface area contributed by atoms with E-state index in [1.54, 1.807) is 16.7 Å². The van der Waals surface area contributed by atoms with Gasteiger partial charge in [-0.25, -0.2) is 9.97 Å². The smallest absolute Gasteiger partial charge is 0.258 e. The number of hydrogen-bond donors (Lipinski definition) is 1. The first-order valence-corrected chi connectivity index (χ1v) is 7.74. The Morgan fingerprint density at radius 1 is 1.48 bits per heavy atom.